The van der Waals surface area contributed by atoms with Crippen molar-refractivity contribution in [3.05, 3.63) is 66.3 Å². The van der Waals surface area contributed by atoms with Crippen LogP contribution in [-0.4, -0.2) is 12.1 Å². The summed E-state index contributed by atoms with van der Waals surface area (Å²) >= 11 is 0. The van der Waals surface area contributed by atoms with Crippen molar-refractivity contribution in [2.24, 2.45) is 0 Å². The van der Waals surface area contributed by atoms with Crippen LogP contribution in [0.4, 0.5) is 11.4 Å². The Morgan fingerprint density at radius 3 is 2.90 bits per heavy atom. The van der Waals surface area contributed by atoms with Gasteiger partial charge in [-0.3, -0.25) is 4.98 Å². The predicted octanol–water partition coefficient (Wildman–Crippen LogP) is 3.29. The minimum atomic E-state index is 0.812. The first-order valence-corrected chi connectivity index (χ1v) is 6.28. The van der Waals surface area contributed by atoms with Gasteiger partial charge in [0.2, 0.25) is 0 Å². The van der Waals surface area contributed by atoms with Crippen LogP contribution in [0, 0.1) is 6.20 Å². The molecule has 4 nitrogen and oxygen atoms in total. The number of rotatable bonds is 3. The molecule has 0 saturated carbocycles. The molecule has 2 aromatic rings. The lowest BCUT2D eigenvalue weighted by Gasteiger charge is -2.18. The first-order chi connectivity index (χ1) is 9.85. The Balaban J connectivity index is 1.76. The van der Waals surface area contributed by atoms with Gasteiger partial charge in [-0.1, -0.05) is 6.07 Å². The van der Waals surface area contributed by atoms with Crippen molar-refractivity contribution in [3.8, 4) is 5.75 Å². The van der Waals surface area contributed by atoms with Crippen LogP contribution >= 0.6 is 0 Å². The number of hydrogen-bond acceptors (Lipinski definition) is 4. The molecule has 0 saturated heterocycles. The highest BCUT2D eigenvalue weighted by atomic mass is 16.5. The molecule has 0 aliphatic carbocycles. The summed E-state index contributed by atoms with van der Waals surface area (Å²) < 4.78 is 5.19. The third kappa shape index (κ3) is 2.64. The van der Waals surface area contributed by atoms with Crippen LogP contribution in [0.25, 0.3) is 6.08 Å². The highest BCUT2D eigenvalue weighted by molar-refractivity contribution is 5.76. The molecule has 2 heterocycles. The standard InChI is InChI=1S/C16H14N3O/c1-20-14-7-8-15-16(10-14)18-11-13(19-15)6-5-12-4-2-3-9-17-12/h2-10,18-19H,1H3. The van der Waals surface area contributed by atoms with Gasteiger partial charge in [-0.15, -0.1) is 0 Å². The van der Waals surface area contributed by atoms with Gasteiger partial charge in [0.05, 0.1) is 36.1 Å². The van der Waals surface area contributed by atoms with E-state index in [1.165, 1.54) is 0 Å². The number of nitrogens with zero attached hydrogens (tertiary/aromatic N) is 1. The molecular weight excluding hydrogens is 250 g/mol. The van der Waals surface area contributed by atoms with E-state index in [2.05, 4.69) is 21.8 Å². The molecule has 0 amide bonds. The van der Waals surface area contributed by atoms with E-state index in [9.17, 15) is 0 Å². The Labute approximate surface area is 117 Å². The van der Waals surface area contributed by atoms with E-state index in [-0.39, 0.29) is 0 Å². The number of fused-ring (bicyclic) bond motifs is 1. The summed E-state index contributed by atoms with van der Waals surface area (Å²) in [6.07, 6.45) is 8.72. The summed E-state index contributed by atoms with van der Waals surface area (Å²) in [4.78, 5) is 4.24. The Kier molecular flexibility index (Phi) is 3.37. The number of allylic oxidation sites excluding steroid dienone is 1. The monoisotopic (exact) mass is 264 g/mol. The molecule has 2 N–H and O–H groups in total. The third-order valence-corrected chi connectivity index (χ3v) is 2.94. The van der Waals surface area contributed by atoms with Crippen molar-refractivity contribution in [2.75, 3.05) is 17.7 Å². The molecule has 1 aliphatic heterocycles. The van der Waals surface area contributed by atoms with Crippen LogP contribution in [0.15, 0.2) is 54.4 Å². The maximum absolute atomic E-state index is 5.19. The minimum absolute atomic E-state index is 0.812. The van der Waals surface area contributed by atoms with Crippen LogP contribution in [0.2, 0.25) is 0 Å². The predicted molar refractivity (Wildman–Crippen MR) is 80.3 cm³/mol. The average molecular weight is 264 g/mol. The van der Waals surface area contributed by atoms with Gasteiger partial charge in [-0.2, -0.15) is 0 Å². The molecule has 1 radical (unpaired) electrons. The molecule has 20 heavy (non-hydrogen) atoms. The maximum Gasteiger partial charge on any atom is 0.121 e. The first-order valence-electron chi connectivity index (χ1n) is 6.28. The van der Waals surface area contributed by atoms with Crippen molar-refractivity contribution in [3.63, 3.8) is 0 Å². The highest BCUT2D eigenvalue weighted by Crippen LogP contribution is 2.30. The number of aromatic nitrogens is 1. The van der Waals surface area contributed by atoms with Crippen molar-refractivity contribution >= 4 is 17.5 Å². The summed E-state index contributed by atoms with van der Waals surface area (Å²) in [5.41, 5.74) is 3.70. The molecule has 1 aromatic heterocycles. The lowest BCUT2D eigenvalue weighted by atomic mass is 10.2. The molecule has 0 bridgehead atoms. The van der Waals surface area contributed by atoms with Gasteiger partial charge in [0.15, 0.2) is 0 Å². The molecule has 4 heteroatoms. The second kappa shape index (κ2) is 5.48. The summed E-state index contributed by atoms with van der Waals surface area (Å²) in [5.74, 6) is 0.812. The lowest BCUT2D eigenvalue weighted by molar-refractivity contribution is 0.415. The van der Waals surface area contributed by atoms with E-state index in [0.29, 0.717) is 0 Å². The number of methoxy groups -OCH3 is 1. The van der Waals surface area contributed by atoms with Crippen molar-refractivity contribution in [1.29, 1.82) is 0 Å². The van der Waals surface area contributed by atoms with E-state index in [1.54, 1.807) is 13.3 Å². The van der Waals surface area contributed by atoms with Crippen LogP contribution in [0.5, 0.6) is 5.75 Å². The number of pyridine rings is 1. The molecule has 1 aliphatic rings. The van der Waals surface area contributed by atoms with Crippen molar-refractivity contribution in [1.82, 2.24) is 4.98 Å². The second-order valence-electron chi connectivity index (χ2n) is 4.29. The molecule has 0 spiro atoms. The minimum Gasteiger partial charge on any atom is -0.497 e. The quantitative estimate of drug-likeness (QED) is 0.893. The Morgan fingerprint density at radius 2 is 2.10 bits per heavy atom. The number of benzene rings is 1. The number of ether oxygens (including phenoxy) is 1. The summed E-state index contributed by atoms with van der Waals surface area (Å²) in [6.45, 7) is 0. The molecule has 0 atom stereocenters. The van der Waals surface area contributed by atoms with E-state index in [1.807, 2.05) is 48.6 Å². The van der Waals surface area contributed by atoms with E-state index >= 15 is 0 Å². The zero-order valence-corrected chi connectivity index (χ0v) is 11.1. The van der Waals surface area contributed by atoms with Crippen LogP contribution < -0.4 is 15.4 Å². The van der Waals surface area contributed by atoms with Gasteiger partial charge in [0.1, 0.15) is 5.75 Å². The lowest BCUT2D eigenvalue weighted by Crippen LogP contribution is -2.09. The highest BCUT2D eigenvalue weighted by Gasteiger charge is 2.09. The third-order valence-electron chi connectivity index (χ3n) is 2.94. The maximum atomic E-state index is 5.19. The Bertz CT molecular complexity index is 663. The van der Waals surface area contributed by atoms with Gasteiger partial charge >= 0.3 is 0 Å². The molecule has 99 valence electrons. The van der Waals surface area contributed by atoms with Crippen molar-refractivity contribution in [2.45, 2.75) is 0 Å². The Hall–Kier alpha value is -2.75. The van der Waals surface area contributed by atoms with Gasteiger partial charge in [0, 0.05) is 12.3 Å². The van der Waals surface area contributed by atoms with Crippen LogP contribution in [-0.2, 0) is 0 Å². The molecule has 3 rings (SSSR count). The summed E-state index contributed by atoms with van der Waals surface area (Å²) in [7, 11) is 1.65. The van der Waals surface area contributed by atoms with Gasteiger partial charge in [-0.05, 0) is 36.4 Å². The smallest absolute Gasteiger partial charge is 0.121 e. The number of nitrogens with one attached hydrogen (secondary N) is 2. The van der Waals surface area contributed by atoms with Crippen LogP contribution in [0.1, 0.15) is 5.69 Å². The average Bonchev–Trinajstić information content (AvgIpc) is 2.53. The van der Waals surface area contributed by atoms with E-state index < -0.39 is 0 Å². The second-order valence-corrected chi connectivity index (χ2v) is 4.29. The summed E-state index contributed by atoms with van der Waals surface area (Å²) in [5, 5.41) is 6.41. The Morgan fingerprint density at radius 1 is 1.15 bits per heavy atom. The number of anilines is 2. The molecule has 0 fully saturated rings. The largest absolute Gasteiger partial charge is 0.497 e. The molecule has 0 unspecified atom stereocenters. The van der Waals surface area contributed by atoms with Crippen molar-refractivity contribution < 1.29 is 4.74 Å². The molecule has 1 aromatic carbocycles. The first kappa shape index (κ1) is 12.3. The van der Waals surface area contributed by atoms with Gasteiger partial charge in [0.25, 0.3) is 0 Å². The van der Waals surface area contributed by atoms with Crippen LogP contribution in [0.3, 0.4) is 0 Å². The number of hydrogen-bond donors (Lipinski definition) is 2. The topological polar surface area (TPSA) is 46.2 Å². The van der Waals surface area contributed by atoms with E-state index in [4.69, 9.17) is 4.74 Å². The fraction of sp³-hybridized carbons (Fsp3) is 0.0625. The fourth-order valence-corrected chi connectivity index (χ4v) is 1.90. The fourth-order valence-electron chi connectivity index (χ4n) is 1.90. The summed E-state index contributed by atoms with van der Waals surface area (Å²) in [6, 6.07) is 11.6. The van der Waals surface area contributed by atoms with Gasteiger partial charge < -0.3 is 15.4 Å². The normalized spacial score (nSPS) is 13.2. The SMILES string of the molecule is COc1ccc2c(c1)N[C]=C(C=Cc1ccccn1)N2. The van der Waals surface area contributed by atoms with E-state index in [0.717, 1.165) is 28.5 Å². The zero-order valence-electron chi connectivity index (χ0n) is 11.1. The molecular formula is C16H14N3O. The zero-order chi connectivity index (χ0) is 13.8. The van der Waals surface area contributed by atoms with Gasteiger partial charge in [-0.25, -0.2) is 0 Å².